The van der Waals surface area contributed by atoms with Crippen molar-refractivity contribution in [2.75, 3.05) is 0 Å². The molecule has 1 aromatic carbocycles. The summed E-state index contributed by atoms with van der Waals surface area (Å²) in [6.45, 7) is 1.91. The van der Waals surface area contributed by atoms with E-state index >= 15 is 0 Å². The topological polar surface area (TPSA) is 26.0 Å². The lowest BCUT2D eigenvalue weighted by Crippen LogP contribution is -1.71. The van der Waals surface area contributed by atoms with Gasteiger partial charge in [-0.25, -0.2) is 0 Å². The lowest BCUT2D eigenvalue weighted by atomic mass is 10.2. The van der Waals surface area contributed by atoms with Gasteiger partial charge in [-0.05, 0) is 19.1 Å². The summed E-state index contributed by atoms with van der Waals surface area (Å²) in [6, 6.07) is 9.86. The maximum absolute atomic E-state index is 5.12. The van der Waals surface area contributed by atoms with Crippen LogP contribution in [-0.4, -0.2) is 5.16 Å². The SMILES string of the molecule is Cc1cc(-c2ccc(Br)cc2)on1. The molecule has 0 aliphatic heterocycles. The highest BCUT2D eigenvalue weighted by atomic mass is 79.9. The van der Waals surface area contributed by atoms with Crippen LogP contribution in [0.1, 0.15) is 5.69 Å². The lowest BCUT2D eigenvalue weighted by Gasteiger charge is -1.94. The van der Waals surface area contributed by atoms with E-state index < -0.39 is 0 Å². The first-order valence-electron chi connectivity index (χ1n) is 3.95. The third-order valence-electron chi connectivity index (χ3n) is 1.76. The predicted octanol–water partition coefficient (Wildman–Crippen LogP) is 3.41. The van der Waals surface area contributed by atoms with Crippen molar-refractivity contribution in [1.82, 2.24) is 5.16 Å². The zero-order valence-corrected chi connectivity index (χ0v) is 8.71. The van der Waals surface area contributed by atoms with Gasteiger partial charge in [0.1, 0.15) is 0 Å². The first-order chi connectivity index (χ1) is 6.25. The Balaban J connectivity index is 2.41. The molecule has 0 atom stereocenters. The van der Waals surface area contributed by atoms with Gasteiger partial charge in [-0.3, -0.25) is 0 Å². The van der Waals surface area contributed by atoms with E-state index in [1.807, 2.05) is 37.3 Å². The van der Waals surface area contributed by atoms with Crippen molar-refractivity contribution in [2.24, 2.45) is 0 Å². The molecule has 66 valence electrons. The monoisotopic (exact) mass is 237 g/mol. The molecule has 0 fully saturated rings. The van der Waals surface area contributed by atoms with Crippen molar-refractivity contribution >= 4 is 15.9 Å². The van der Waals surface area contributed by atoms with Gasteiger partial charge in [0.2, 0.25) is 0 Å². The maximum atomic E-state index is 5.12. The van der Waals surface area contributed by atoms with Crippen molar-refractivity contribution in [3.8, 4) is 11.3 Å². The smallest absolute Gasteiger partial charge is 0.167 e. The average molecular weight is 238 g/mol. The van der Waals surface area contributed by atoms with Crippen LogP contribution in [0.2, 0.25) is 0 Å². The van der Waals surface area contributed by atoms with Gasteiger partial charge >= 0.3 is 0 Å². The molecule has 2 rings (SSSR count). The Morgan fingerprint density at radius 1 is 1.23 bits per heavy atom. The van der Waals surface area contributed by atoms with Crippen molar-refractivity contribution in [3.63, 3.8) is 0 Å². The molecule has 1 aromatic heterocycles. The molecule has 0 bridgehead atoms. The van der Waals surface area contributed by atoms with Crippen LogP contribution in [-0.2, 0) is 0 Å². The molecule has 0 spiro atoms. The van der Waals surface area contributed by atoms with Crippen molar-refractivity contribution < 1.29 is 4.52 Å². The molecule has 0 unspecified atom stereocenters. The molecular weight excluding hydrogens is 230 g/mol. The first-order valence-corrected chi connectivity index (χ1v) is 4.74. The molecule has 3 heteroatoms. The average Bonchev–Trinajstić information content (AvgIpc) is 2.53. The Kier molecular flexibility index (Phi) is 2.19. The van der Waals surface area contributed by atoms with Crippen molar-refractivity contribution in [1.29, 1.82) is 0 Å². The number of nitrogens with zero attached hydrogens (tertiary/aromatic N) is 1. The van der Waals surface area contributed by atoms with E-state index in [1.54, 1.807) is 0 Å². The number of halogens is 1. The molecule has 0 saturated carbocycles. The number of aryl methyl sites for hydroxylation is 1. The van der Waals surface area contributed by atoms with Gasteiger partial charge < -0.3 is 4.52 Å². The summed E-state index contributed by atoms with van der Waals surface area (Å²) in [5.74, 6) is 0.810. The van der Waals surface area contributed by atoms with Crippen molar-refractivity contribution in [2.45, 2.75) is 6.92 Å². The summed E-state index contributed by atoms with van der Waals surface area (Å²) in [6.07, 6.45) is 0. The minimum Gasteiger partial charge on any atom is -0.356 e. The molecule has 0 aliphatic carbocycles. The van der Waals surface area contributed by atoms with Gasteiger partial charge in [0.25, 0.3) is 0 Å². The van der Waals surface area contributed by atoms with Crippen LogP contribution < -0.4 is 0 Å². The summed E-state index contributed by atoms with van der Waals surface area (Å²) < 4.78 is 6.19. The molecule has 1 heterocycles. The third-order valence-corrected chi connectivity index (χ3v) is 2.29. The summed E-state index contributed by atoms with van der Waals surface area (Å²) >= 11 is 3.38. The molecule has 13 heavy (non-hydrogen) atoms. The molecule has 0 radical (unpaired) electrons. The van der Waals surface area contributed by atoms with Crippen LogP contribution in [0.25, 0.3) is 11.3 Å². The Morgan fingerprint density at radius 2 is 1.92 bits per heavy atom. The highest BCUT2D eigenvalue weighted by molar-refractivity contribution is 9.10. The quantitative estimate of drug-likeness (QED) is 0.760. The summed E-state index contributed by atoms with van der Waals surface area (Å²) in [5, 5.41) is 3.83. The molecule has 0 N–H and O–H groups in total. The Morgan fingerprint density at radius 3 is 2.46 bits per heavy atom. The largest absolute Gasteiger partial charge is 0.356 e. The Labute approximate surface area is 84.7 Å². The van der Waals surface area contributed by atoms with Gasteiger partial charge in [-0.2, -0.15) is 0 Å². The highest BCUT2D eigenvalue weighted by Crippen LogP contribution is 2.21. The van der Waals surface area contributed by atoms with Gasteiger partial charge in [-0.1, -0.05) is 33.2 Å². The Hall–Kier alpha value is -1.09. The van der Waals surface area contributed by atoms with E-state index in [4.69, 9.17) is 4.52 Å². The minimum atomic E-state index is 0.810. The fraction of sp³-hybridized carbons (Fsp3) is 0.100. The van der Waals surface area contributed by atoms with E-state index in [0.29, 0.717) is 0 Å². The maximum Gasteiger partial charge on any atom is 0.167 e. The number of benzene rings is 1. The summed E-state index contributed by atoms with van der Waals surface area (Å²) in [7, 11) is 0. The van der Waals surface area contributed by atoms with Gasteiger partial charge in [0, 0.05) is 16.1 Å². The van der Waals surface area contributed by atoms with Crippen LogP contribution in [0, 0.1) is 6.92 Å². The van der Waals surface area contributed by atoms with E-state index in [2.05, 4.69) is 21.1 Å². The van der Waals surface area contributed by atoms with Crippen LogP contribution in [0.4, 0.5) is 0 Å². The zero-order valence-electron chi connectivity index (χ0n) is 7.12. The molecule has 0 aliphatic rings. The van der Waals surface area contributed by atoms with Crippen molar-refractivity contribution in [3.05, 3.63) is 40.5 Å². The van der Waals surface area contributed by atoms with Crippen LogP contribution in [0.15, 0.2) is 39.3 Å². The fourth-order valence-electron chi connectivity index (χ4n) is 1.11. The lowest BCUT2D eigenvalue weighted by molar-refractivity contribution is 0.427. The zero-order chi connectivity index (χ0) is 9.26. The highest BCUT2D eigenvalue weighted by Gasteiger charge is 2.02. The molecule has 2 nitrogen and oxygen atoms in total. The van der Waals surface area contributed by atoms with Gasteiger partial charge in [0.05, 0.1) is 5.69 Å². The molecule has 0 saturated heterocycles. The fourth-order valence-corrected chi connectivity index (χ4v) is 1.38. The second-order valence-electron chi connectivity index (χ2n) is 2.84. The minimum absolute atomic E-state index is 0.810. The molecule has 0 amide bonds. The van der Waals surface area contributed by atoms with Crippen LogP contribution in [0.5, 0.6) is 0 Å². The second-order valence-corrected chi connectivity index (χ2v) is 3.76. The number of rotatable bonds is 1. The third kappa shape index (κ3) is 1.80. The number of hydrogen-bond acceptors (Lipinski definition) is 2. The van der Waals surface area contributed by atoms with E-state index in [9.17, 15) is 0 Å². The standard InChI is InChI=1S/C10H8BrNO/c1-7-6-10(13-12-7)8-2-4-9(11)5-3-8/h2-6H,1H3. The van der Waals surface area contributed by atoms with Crippen LogP contribution >= 0.6 is 15.9 Å². The number of aromatic nitrogens is 1. The van der Waals surface area contributed by atoms with Crippen LogP contribution in [0.3, 0.4) is 0 Å². The normalized spacial score (nSPS) is 10.3. The summed E-state index contributed by atoms with van der Waals surface area (Å²) in [4.78, 5) is 0. The van der Waals surface area contributed by atoms with Gasteiger partial charge in [-0.15, -0.1) is 0 Å². The first kappa shape index (κ1) is 8.51. The molecular formula is C10H8BrNO. The van der Waals surface area contributed by atoms with E-state index in [0.717, 1.165) is 21.5 Å². The van der Waals surface area contributed by atoms with Gasteiger partial charge in [0.15, 0.2) is 5.76 Å². The predicted molar refractivity (Wildman–Crippen MR) is 54.4 cm³/mol. The number of hydrogen-bond donors (Lipinski definition) is 0. The summed E-state index contributed by atoms with van der Waals surface area (Å²) in [5.41, 5.74) is 1.95. The second kappa shape index (κ2) is 3.34. The van der Waals surface area contributed by atoms with E-state index in [1.165, 1.54) is 0 Å². The molecule has 2 aromatic rings. The van der Waals surface area contributed by atoms with E-state index in [-0.39, 0.29) is 0 Å². The Bertz CT molecular complexity index is 405.